The highest BCUT2D eigenvalue weighted by Gasteiger charge is 2.22. The number of hydrogen-bond acceptors (Lipinski definition) is 3. The normalized spacial score (nSPS) is 14.1. The molecule has 94 valence electrons. The van der Waals surface area contributed by atoms with Crippen molar-refractivity contribution in [3.05, 3.63) is 28.2 Å². The van der Waals surface area contributed by atoms with Crippen LogP contribution in [0.1, 0.15) is 13.8 Å². The van der Waals surface area contributed by atoms with Gasteiger partial charge in [-0.25, -0.2) is 0 Å². The lowest BCUT2D eigenvalue weighted by molar-refractivity contribution is -0.142. The predicted octanol–water partition coefficient (Wildman–Crippen LogP) is 3.05. The first-order valence-electron chi connectivity index (χ1n) is 4.99. The number of halogens is 2. The summed E-state index contributed by atoms with van der Waals surface area (Å²) in [6.07, 6.45) is 0. The Balaban J connectivity index is 2.89. The van der Waals surface area contributed by atoms with Crippen molar-refractivity contribution < 1.29 is 13.7 Å². The van der Waals surface area contributed by atoms with Gasteiger partial charge in [-0.05, 0) is 32.0 Å². The van der Waals surface area contributed by atoms with Gasteiger partial charge in [0.1, 0.15) is 5.25 Å². The van der Waals surface area contributed by atoms with Crippen LogP contribution in [0.4, 0.5) is 0 Å². The number of esters is 1. The standard InChI is InChI=1S/C11H12Cl2O3S/c1-3-16-11(14)7(2)17(15)8-4-5-9(12)10(13)6-8/h4-7H,3H2,1-2H3. The van der Waals surface area contributed by atoms with Gasteiger partial charge in [-0.15, -0.1) is 0 Å². The minimum atomic E-state index is -1.50. The van der Waals surface area contributed by atoms with E-state index in [9.17, 15) is 9.00 Å². The van der Waals surface area contributed by atoms with E-state index in [4.69, 9.17) is 27.9 Å². The van der Waals surface area contributed by atoms with E-state index in [1.165, 1.54) is 6.07 Å². The van der Waals surface area contributed by atoms with Crippen molar-refractivity contribution in [2.75, 3.05) is 6.61 Å². The molecule has 2 atom stereocenters. The number of benzene rings is 1. The summed E-state index contributed by atoms with van der Waals surface area (Å²) < 4.78 is 16.8. The Morgan fingerprint density at radius 3 is 2.59 bits per heavy atom. The zero-order valence-corrected chi connectivity index (χ0v) is 11.7. The summed E-state index contributed by atoms with van der Waals surface area (Å²) in [5, 5.41) is -0.0306. The van der Waals surface area contributed by atoms with Gasteiger partial charge < -0.3 is 4.74 Å². The van der Waals surface area contributed by atoms with Crippen molar-refractivity contribution in [1.82, 2.24) is 0 Å². The van der Waals surface area contributed by atoms with Gasteiger partial charge in [0.15, 0.2) is 0 Å². The van der Waals surface area contributed by atoms with Crippen LogP contribution >= 0.6 is 23.2 Å². The van der Waals surface area contributed by atoms with Gasteiger partial charge in [0, 0.05) is 4.90 Å². The molecule has 0 aliphatic carbocycles. The summed E-state index contributed by atoms with van der Waals surface area (Å²) in [7, 11) is -1.50. The van der Waals surface area contributed by atoms with Crippen LogP contribution in [0.25, 0.3) is 0 Å². The summed E-state index contributed by atoms with van der Waals surface area (Å²) in [5.41, 5.74) is 0. The molecule has 1 aromatic carbocycles. The topological polar surface area (TPSA) is 43.4 Å². The Bertz CT molecular complexity index is 448. The SMILES string of the molecule is CCOC(=O)C(C)S(=O)c1ccc(Cl)c(Cl)c1. The van der Waals surface area contributed by atoms with Crippen molar-refractivity contribution >= 4 is 40.0 Å². The monoisotopic (exact) mass is 294 g/mol. The summed E-state index contributed by atoms with van der Waals surface area (Å²) in [6, 6.07) is 4.63. The zero-order chi connectivity index (χ0) is 13.0. The Kier molecular flexibility index (Phi) is 5.43. The molecule has 0 amide bonds. The molecule has 0 aliphatic rings. The Morgan fingerprint density at radius 1 is 1.41 bits per heavy atom. The minimum Gasteiger partial charge on any atom is -0.465 e. The lowest BCUT2D eigenvalue weighted by Gasteiger charge is -2.10. The maximum Gasteiger partial charge on any atom is 0.321 e. The molecule has 1 aromatic rings. The average molecular weight is 295 g/mol. The molecule has 0 spiro atoms. The van der Waals surface area contributed by atoms with Gasteiger partial charge in [-0.1, -0.05) is 23.2 Å². The molecular formula is C11H12Cl2O3S. The fraction of sp³-hybridized carbons (Fsp3) is 0.364. The number of ether oxygens (including phenoxy) is 1. The van der Waals surface area contributed by atoms with E-state index in [1.807, 2.05) is 0 Å². The molecule has 0 heterocycles. The molecule has 0 radical (unpaired) electrons. The summed E-state index contributed by atoms with van der Waals surface area (Å²) in [5.74, 6) is -0.489. The first-order chi connectivity index (χ1) is 7.97. The summed E-state index contributed by atoms with van der Waals surface area (Å²) in [6.45, 7) is 3.52. The molecule has 0 bridgehead atoms. The molecule has 6 heteroatoms. The number of rotatable bonds is 4. The molecule has 0 N–H and O–H groups in total. The van der Waals surface area contributed by atoms with Gasteiger partial charge in [0.2, 0.25) is 0 Å². The molecule has 0 saturated carbocycles. The van der Waals surface area contributed by atoms with Crippen LogP contribution in [0.3, 0.4) is 0 Å². The molecule has 1 rings (SSSR count). The second kappa shape index (κ2) is 6.38. The first-order valence-corrected chi connectivity index (χ1v) is 6.96. The van der Waals surface area contributed by atoms with Crippen LogP contribution < -0.4 is 0 Å². The lowest BCUT2D eigenvalue weighted by atomic mass is 10.4. The maximum atomic E-state index is 12.0. The predicted molar refractivity (Wildman–Crippen MR) is 69.0 cm³/mol. The maximum absolute atomic E-state index is 12.0. The molecule has 0 aromatic heterocycles. The summed E-state index contributed by atoms with van der Waals surface area (Å²) >= 11 is 11.6. The van der Waals surface area contributed by atoms with E-state index in [-0.39, 0.29) is 6.61 Å². The van der Waals surface area contributed by atoms with Gasteiger partial charge in [-0.3, -0.25) is 9.00 Å². The quantitative estimate of drug-likeness (QED) is 0.802. The van der Waals surface area contributed by atoms with Crippen LogP contribution in [-0.2, 0) is 20.3 Å². The Hall–Kier alpha value is -0.580. The molecule has 0 aliphatic heterocycles. The minimum absolute atomic E-state index is 0.266. The highest BCUT2D eigenvalue weighted by atomic mass is 35.5. The van der Waals surface area contributed by atoms with Crippen molar-refractivity contribution in [2.24, 2.45) is 0 Å². The van der Waals surface area contributed by atoms with E-state index in [0.717, 1.165) is 0 Å². The van der Waals surface area contributed by atoms with Crippen molar-refractivity contribution in [3.8, 4) is 0 Å². The van der Waals surface area contributed by atoms with E-state index in [0.29, 0.717) is 14.9 Å². The molecular weight excluding hydrogens is 283 g/mol. The molecule has 17 heavy (non-hydrogen) atoms. The lowest BCUT2D eigenvalue weighted by Crippen LogP contribution is -2.25. The van der Waals surface area contributed by atoms with E-state index in [1.54, 1.807) is 26.0 Å². The number of hydrogen-bond donors (Lipinski definition) is 0. The molecule has 2 unspecified atom stereocenters. The van der Waals surface area contributed by atoms with Gasteiger partial charge in [0.25, 0.3) is 0 Å². The van der Waals surface area contributed by atoms with Gasteiger partial charge >= 0.3 is 5.97 Å². The highest BCUT2D eigenvalue weighted by Crippen LogP contribution is 2.25. The fourth-order valence-corrected chi connectivity index (χ4v) is 2.60. The Morgan fingerprint density at radius 2 is 2.06 bits per heavy atom. The fourth-order valence-electron chi connectivity index (χ4n) is 1.15. The van der Waals surface area contributed by atoms with Crippen LogP contribution in [0.5, 0.6) is 0 Å². The smallest absolute Gasteiger partial charge is 0.321 e. The molecule has 0 saturated heterocycles. The van der Waals surface area contributed by atoms with Gasteiger partial charge in [0.05, 0.1) is 27.5 Å². The van der Waals surface area contributed by atoms with Crippen LogP contribution in [-0.4, -0.2) is 22.0 Å². The average Bonchev–Trinajstić information content (AvgIpc) is 2.31. The van der Waals surface area contributed by atoms with Crippen molar-refractivity contribution in [3.63, 3.8) is 0 Å². The van der Waals surface area contributed by atoms with Crippen molar-refractivity contribution in [1.29, 1.82) is 0 Å². The second-order valence-electron chi connectivity index (χ2n) is 3.27. The molecule has 0 fully saturated rings. The summed E-state index contributed by atoms with van der Waals surface area (Å²) in [4.78, 5) is 11.9. The third-order valence-electron chi connectivity index (χ3n) is 2.06. The first kappa shape index (κ1) is 14.5. The molecule has 3 nitrogen and oxygen atoms in total. The third-order valence-corrected chi connectivity index (χ3v) is 4.36. The number of carbonyl (C=O) groups is 1. The van der Waals surface area contributed by atoms with Crippen LogP contribution in [0.15, 0.2) is 23.1 Å². The van der Waals surface area contributed by atoms with Gasteiger partial charge in [-0.2, -0.15) is 0 Å². The largest absolute Gasteiger partial charge is 0.465 e. The van der Waals surface area contributed by atoms with E-state index in [2.05, 4.69) is 0 Å². The third kappa shape index (κ3) is 3.69. The Labute approximate surface area is 113 Å². The number of carbonyl (C=O) groups excluding carboxylic acids is 1. The highest BCUT2D eigenvalue weighted by molar-refractivity contribution is 7.86. The zero-order valence-electron chi connectivity index (χ0n) is 9.41. The van der Waals surface area contributed by atoms with Crippen LogP contribution in [0, 0.1) is 0 Å². The van der Waals surface area contributed by atoms with E-state index < -0.39 is 22.0 Å². The van der Waals surface area contributed by atoms with Crippen molar-refractivity contribution in [2.45, 2.75) is 24.0 Å². The van der Waals surface area contributed by atoms with E-state index >= 15 is 0 Å². The van der Waals surface area contributed by atoms with Crippen LogP contribution in [0.2, 0.25) is 10.0 Å². The second-order valence-corrected chi connectivity index (χ2v) is 5.86.